The number of nitro benzene ring substituents is 1. The Balaban J connectivity index is 2.03. The Morgan fingerprint density at radius 3 is 3.00 bits per heavy atom. The van der Waals surface area contributed by atoms with Gasteiger partial charge in [-0.2, -0.15) is 4.98 Å². The van der Waals surface area contributed by atoms with Gasteiger partial charge < -0.3 is 4.74 Å². The fraction of sp³-hybridized carbons (Fsp3) is 0.0833. The summed E-state index contributed by atoms with van der Waals surface area (Å²) in [4.78, 5) is 15.6. The summed E-state index contributed by atoms with van der Waals surface area (Å²) >= 11 is 8.23. The van der Waals surface area contributed by atoms with Gasteiger partial charge in [-0.05, 0) is 22.0 Å². The van der Waals surface area contributed by atoms with E-state index in [1.54, 1.807) is 6.07 Å². The fourth-order valence-corrected chi connectivity index (χ4v) is 3.37. The van der Waals surface area contributed by atoms with Gasteiger partial charge >= 0.3 is 0 Å². The van der Waals surface area contributed by atoms with Crippen molar-refractivity contribution in [3.05, 3.63) is 50.1 Å². The van der Waals surface area contributed by atoms with Crippen molar-refractivity contribution < 1.29 is 9.66 Å². The van der Waals surface area contributed by atoms with Crippen LogP contribution in [0.1, 0.15) is 5.69 Å². The molecule has 0 aliphatic carbocycles. The highest BCUT2D eigenvalue weighted by molar-refractivity contribution is 9.10. The molecule has 0 aliphatic heterocycles. The molecule has 108 valence electrons. The average molecular weight is 433 g/mol. The second kappa shape index (κ2) is 5.74. The SMILES string of the molecule is O=[N+]([O-])c1ccc(Br)c(Oc2nc3sccn3c2CBr)c1. The number of nitrogens with zero attached hydrogens (tertiary/aromatic N) is 3. The molecular formula is C12H7Br2N3O3S. The molecule has 0 saturated heterocycles. The number of fused-ring (bicyclic) bond motifs is 1. The topological polar surface area (TPSA) is 69.7 Å². The molecule has 3 rings (SSSR count). The van der Waals surface area contributed by atoms with E-state index in [2.05, 4.69) is 36.8 Å². The van der Waals surface area contributed by atoms with E-state index in [9.17, 15) is 10.1 Å². The minimum Gasteiger partial charge on any atom is -0.436 e. The molecule has 0 N–H and O–H groups in total. The van der Waals surface area contributed by atoms with Gasteiger partial charge in [0.1, 0.15) is 0 Å². The number of hydrogen-bond donors (Lipinski definition) is 0. The molecule has 6 nitrogen and oxygen atoms in total. The van der Waals surface area contributed by atoms with Crippen LogP contribution in [0.2, 0.25) is 0 Å². The lowest BCUT2D eigenvalue weighted by Gasteiger charge is -2.06. The first kappa shape index (κ1) is 14.5. The van der Waals surface area contributed by atoms with Gasteiger partial charge in [0.05, 0.1) is 21.2 Å². The zero-order chi connectivity index (χ0) is 15.0. The van der Waals surface area contributed by atoms with Gasteiger partial charge in [-0.1, -0.05) is 15.9 Å². The number of halogens is 2. The molecule has 0 radical (unpaired) electrons. The zero-order valence-electron chi connectivity index (χ0n) is 10.3. The number of benzene rings is 1. The predicted octanol–water partition coefficient (Wildman–Crippen LogP) is 4.75. The fourth-order valence-electron chi connectivity index (χ4n) is 1.80. The number of hydrogen-bond acceptors (Lipinski definition) is 5. The number of alkyl halides is 1. The van der Waals surface area contributed by atoms with Gasteiger partial charge in [-0.15, -0.1) is 11.3 Å². The molecule has 0 saturated carbocycles. The standard InChI is InChI=1S/C12H7Br2N3O3S/c13-6-9-11(15-12-16(9)3-4-21-12)20-10-5-7(17(18)19)1-2-8(10)14/h1-5H,6H2. The van der Waals surface area contributed by atoms with Gasteiger partial charge in [-0.3, -0.25) is 14.5 Å². The average Bonchev–Trinajstić information content (AvgIpc) is 3.01. The Kier molecular flexibility index (Phi) is 3.96. The van der Waals surface area contributed by atoms with E-state index in [4.69, 9.17) is 4.74 Å². The van der Waals surface area contributed by atoms with Crippen molar-refractivity contribution in [1.29, 1.82) is 0 Å². The maximum Gasteiger partial charge on any atom is 0.273 e. The number of rotatable bonds is 4. The molecule has 0 bridgehead atoms. The summed E-state index contributed by atoms with van der Waals surface area (Å²) < 4.78 is 8.31. The van der Waals surface area contributed by atoms with E-state index in [1.807, 2.05) is 16.0 Å². The van der Waals surface area contributed by atoms with Crippen LogP contribution in [-0.2, 0) is 5.33 Å². The molecule has 0 aliphatic rings. The van der Waals surface area contributed by atoms with Gasteiger partial charge in [0, 0.05) is 23.0 Å². The van der Waals surface area contributed by atoms with Crippen LogP contribution in [0.15, 0.2) is 34.2 Å². The predicted molar refractivity (Wildman–Crippen MR) is 86.6 cm³/mol. The molecule has 2 heterocycles. The number of thiazole rings is 1. The van der Waals surface area contributed by atoms with Crippen molar-refractivity contribution in [1.82, 2.24) is 9.38 Å². The molecule has 3 aromatic rings. The number of aromatic nitrogens is 2. The van der Waals surface area contributed by atoms with Crippen LogP contribution in [0.3, 0.4) is 0 Å². The zero-order valence-corrected chi connectivity index (χ0v) is 14.3. The summed E-state index contributed by atoms with van der Waals surface area (Å²) in [5.74, 6) is 0.789. The Morgan fingerprint density at radius 2 is 2.29 bits per heavy atom. The first-order chi connectivity index (χ1) is 10.1. The van der Waals surface area contributed by atoms with E-state index in [1.165, 1.54) is 23.5 Å². The van der Waals surface area contributed by atoms with Crippen LogP contribution < -0.4 is 4.74 Å². The molecular weight excluding hydrogens is 426 g/mol. The van der Waals surface area contributed by atoms with Gasteiger partial charge in [0.2, 0.25) is 5.88 Å². The maximum absolute atomic E-state index is 10.8. The molecule has 9 heteroatoms. The highest BCUT2D eigenvalue weighted by Crippen LogP contribution is 2.35. The summed E-state index contributed by atoms with van der Waals surface area (Å²) in [5.41, 5.74) is 0.819. The smallest absolute Gasteiger partial charge is 0.273 e. The Hall–Kier alpha value is -1.45. The molecule has 2 aromatic heterocycles. The number of nitro groups is 1. The van der Waals surface area contributed by atoms with Crippen molar-refractivity contribution >= 4 is 53.8 Å². The van der Waals surface area contributed by atoms with Crippen LogP contribution in [0.5, 0.6) is 11.6 Å². The third-order valence-corrected chi connectivity index (χ3v) is 4.73. The van der Waals surface area contributed by atoms with Crippen molar-refractivity contribution in [2.45, 2.75) is 5.33 Å². The lowest BCUT2D eigenvalue weighted by Crippen LogP contribution is -1.93. The summed E-state index contributed by atoms with van der Waals surface area (Å²) in [6.07, 6.45) is 1.90. The Bertz CT molecular complexity index is 830. The lowest BCUT2D eigenvalue weighted by molar-refractivity contribution is -0.384. The number of ether oxygens (including phenoxy) is 1. The summed E-state index contributed by atoms with van der Waals surface area (Å²) in [6.45, 7) is 0. The maximum atomic E-state index is 10.8. The molecule has 21 heavy (non-hydrogen) atoms. The molecule has 0 spiro atoms. The Labute approximate surface area is 139 Å². The highest BCUT2D eigenvalue weighted by atomic mass is 79.9. The molecule has 1 aromatic carbocycles. The van der Waals surface area contributed by atoms with E-state index < -0.39 is 4.92 Å². The third kappa shape index (κ3) is 2.68. The van der Waals surface area contributed by atoms with Crippen LogP contribution in [0, 0.1) is 10.1 Å². The van der Waals surface area contributed by atoms with Crippen LogP contribution >= 0.6 is 43.2 Å². The molecule has 0 unspecified atom stereocenters. The normalized spacial score (nSPS) is 11.0. The third-order valence-electron chi connectivity index (χ3n) is 2.78. The summed E-state index contributed by atoms with van der Waals surface area (Å²) in [7, 11) is 0. The van der Waals surface area contributed by atoms with E-state index in [0.717, 1.165) is 10.7 Å². The quantitative estimate of drug-likeness (QED) is 0.338. The number of imidazole rings is 1. The van der Waals surface area contributed by atoms with Gasteiger partial charge in [-0.25, -0.2) is 0 Å². The second-order valence-electron chi connectivity index (χ2n) is 4.03. The molecule has 0 fully saturated rings. The van der Waals surface area contributed by atoms with Crippen molar-refractivity contribution in [3.63, 3.8) is 0 Å². The van der Waals surface area contributed by atoms with Gasteiger partial charge in [0.25, 0.3) is 5.69 Å². The second-order valence-corrected chi connectivity index (χ2v) is 6.31. The van der Waals surface area contributed by atoms with Crippen molar-refractivity contribution in [2.24, 2.45) is 0 Å². The monoisotopic (exact) mass is 431 g/mol. The summed E-state index contributed by atoms with van der Waals surface area (Å²) in [6, 6.07) is 4.36. The Morgan fingerprint density at radius 1 is 1.48 bits per heavy atom. The van der Waals surface area contributed by atoms with Crippen LogP contribution in [0.4, 0.5) is 5.69 Å². The van der Waals surface area contributed by atoms with Crippen LogP contribution in [0.25, 0.3) is 4.96 Å². The van der Waals surface area contributed by atoms with E-state index in [0.29, 0.717) is 21.4 Å². The summed E-state index contributed by atoms with van der Waals surface area (Å²) in [5, 5.41) is 13.3. The number of non-ortho nitro benzene ring substituents is 1. The lowest BCUT2D eigenvalue weighted by atomic mass is 10.3. The molecule has 0 amide bonds. The van der Waals surface area contributed by atoms with E-state index in [-0.39, 0.29) is 5.69 Å². The van der Waals surface area contributed by atoms with Crippen molar-refractivity contribution in [2.75, 3.05) is 0 Å². The van der Waals surface area contributed by atoms with Gasteiger partial charge in [0.15, 0.2) is 10.7 Å². The van der Waals surface area contributed by atoms with Crippen molar-refractivity contribution in [3.8, 4) is 11.6 Å². The minimum absolute atomic E-state index is 0.0328. The first-order valence-electron chi connectivity index (χ1n) is 5.72. The van der Waals surface area contributed by atoms with E-state index >= 15 is 0 Å². The minimum atomic E-state index is -0.462. The largest absolute Gasteiger partial charge is 0.436 e. The first-order valence-corrected chi connectivity index (χ1v) is 8.51. The van der Waals surface area contributed by atoms with Crippen LogP contribution in [-0.4, -0.2) is 14.3 Å². The molecule has 0 atom stereocenters. The highest BCUT2D eigenvalue weighted by Gasteiger charge is 2.17.